The lowest BCUT2D eigenvalue weighted by atomic mass is 9.59. The molecule has 0 radical (unpaired) electrons. The quantitative estimate of drug-likeness (QED) is 0.400. The van der Waals surface area contributed by atoms with E-state index >= 15 is 0 Å². The van der Waals surface area contributed by atoms with Gasteiger partial charge in [-0.1, -0.05) is 71.2 Å². The lowest BCUT2D eigenvalue weighted by Gasteiger charge is -2.49. The van der Waals surface area contributed by atoms with Crippen molar-refractivity contribution in [3.8, 4) is 5.69 Å². The van der Waals surface area contributed by atoms with Gasteiger partial charge < -0.3 is 10.2 Å². The molecule has 2 fully saturated rings. The lowest BCUT2D eigenvalue weighted by molar-refractivity contribution is 0.0677. The Morgan fingerprint density at radius 1 is 0.976 bits per heavy atom. The van der Waals surface area contributed by atoms with E-state index in [4.69, 9.17) is 0 Å². The summed E-state index contributed by atoms with van der Waals surface area (Å²) in [4.78, 5) is 28.3. The van der Waals surface area contributed by atoms with Crippen molar-refractivity contribution in [2.45, 2.75) is 117 Å². The fourth-order valence-corrected chi connectivity index (χ4v) is 9.30. The number of aliphatic hydroxyl groups is 2. The number of rotatable bonds is 7. The average molecular weight is 576 g/mol. The van der Waals surface area contributed by atoms with Gasteiger partial charge in [0.2, 0.25) is 0 Å². The standard InChI is InChI=1S/C35H49N3O4/c1-21(2)10-9-11-22(3)28-14-15-29-27-20-31(26-18-25(39)19-32(40)23(26)4)38-34(42)36(24-12-7-6-8-13-24)33(41)37(38)30(27)16-17-35(28,29)5/h6-8,12-13,20-22,25,28-32,39-40H,9-11,14-19H2,1-5H3/t22-,25-,28-,29+,30+,31+,32+,35-/m1/s1. The molecule has 1 aromatic heterocycles. The van der Waals surface area contributed by atoms with E-state index in [1.807, 2.05) is 25.1 Å². The fraction of sp³-hybridized carbons (Fsp3) is 0.657. The van der Waals surface area contributed by atoms with Gasteiger partial charge >= 0.3 is 11.4 Å². The summed E-state index contributed by atoms with van der Waals surface area (Å²) in [6, 6.07) is 8.52. The Morgan fingerprint density at radius 3 is 2.40 bits per heavy atom. The van der Waals surface area contributed by atoms with E-state index < -0.39 is 18.2 Å². The highest BCUT2D eigenvalue weighted by atomic mass is 16.3. The summed E-state index contributed by atoms with van der Waals surface area (Å²) in [5.41, 5.74) is 3.01. The zero-order valence-electron chi connectivity index (χ0n) is 26.0. The van der Waals surface area contributed by atoms with Crippen LogP contribution in [0.2, 0.25) is 0 Å². The molecule has 7 heteroatoms. The second-order valence-corrected chi connectivity index (χ2v) is 14.5. The maximum absolute atomic E-state index is 14.2. The summed E-state index contributed by atoms with van der Waals surface area (Å²) in [6.07, 6.45) is 9.50. The van der Waals surface area contributed by atoms with E-state index in [-0.39, 0.29) is 22.8 Å². The Bertz CT molecular complexity index is 1490. The summed E-state index contributed by atoms with van der Waals surface area (Å²) in [7, 11) is 0. The normalized spacial score (nSPS) is 33.3. The van der Waals surface area contributed by atoms with Crippen LogP contribution in [0.1, 0.15) is 104 Å². The van der Waals surface area contributed by atoms with Crippen molar-refractivity contribution in [2.75, 3.05) is 0 Å². The summed E-state index contributed by atoms with van der Waals surface area (Å²) in [6.45, 7) is 11.5. The molecule has 2 N–H and O–H groups in total. The third-order valence-electron chi connectivity index (χ3n) is 11.5. The number of benzene rings is 1. The van der Waals surface area contributed by atoms with Crippen LogP contribution in [-0.2, 0) is 0 Å². The van der Waals surface area contributed by atoms with Crippen LogP contribution >= 0.6 is 0 Å². The number of allylic oxidation sites excluding steroid dienone is 2. The van der Waals surface area contributed by atoms with Gasteiger partial charge in [0.25, 0.3) is 0 Å². The molecule has 1 aliphatic heterocycles. The van der Waals surface area contributed by atoms with Gasteiger partial charge in [-0.2, -0.15) is 0 Å². The topological polar surface area (TPSA) is 89.4 Å². The Hall–Kier alpha value is -2.64. The van der Waals surface area contributed by atoms with Gasteiger partial charge in [-0.3, -0.25) is 0 Å². The van der Waals surface area contributed by atoms with Crippen LogP contribution in [-0.4, -0.2) is 36.4 Å². The Labute approximate surface area is 249 Å². The van der Waals surface area contributed by atoms with Crippen molar-refractivity contribution in [3.05, 3.63) is 74.1 Å². The predicted molar refractivity (Wildman–Crippen MR) is 166 cm³/mol. The van der Waals surface area contributed by atoms with Crippen LogP contribution in [0.25, 0.3) is 5.69 Å². The van der Waals surface area contributed by atoms with Crippen LogP contribution < -0.4 is 11.4 Å². The predicted octanol–water partition coefficient (Wildman–Crippen LogP) is 5.94. The van der Waals surface area contributed by atoms with Crippen LogP contribution in [0, 0.1) is 29.1 Å². The first-order valence-electron chi connectivity index (χ1n) is 16.3. The van der Waals surface area contributed by atoms with Gasteiger partial charge in [0.15, 0.2) is 0 Å². The second-order valence-electron chi connectivity index (χ2n) is 14.5. The zero-order chi connectivity index (χ0) is 29.9. The summed E-state index contributed by atoms with van der Waals surface area (Å²) in [5.74, 6) is 2.39. The third kappa shape index (κ3) is 4.71. The summed E-state index contributed by atoms with van der Waals surface area (Å²) < 4.78 is 4.68. The van der Waals surface area contributed by atoms with E-state index in [9.17, 15) is 19.8 Å². The molecule has 2 heterocycles. The molecule has 0 unspecified atom stereocenters. The minimum absolute atomic E-state index is 0.154. The Kier molecular flexibility index (Phi) is 7.80. The maximum atomic E-state index is 14.2. The summed E-state index contributed by atoms with van der Waals surface area (Å²) >= 11 is 0. The van der Waals surface area contributed by atoms with Gasteiger partial charge in [-0.25, -0.2) is 23.5 Å². The maximum Gasteiger partial charge on any atom is 0.352 e. The molecule has 2 aromatic rings. The number of fused-ring (bicyclic) bond motifs is 5. The number of hydrogen-bond acceptors (Lipinski definition) is 4. The number of nitrogens with zero attached hydrogens (tertiary/aromatic N) is 3. The first-order chi connectivity index (χ1) is 20.0. The molecule has 6 rings (SSSR count). The smallest absolute Gasteiger partial charge is 0.352 e. The van der Waals surface area contributed by atoms with Gasteiger partial charge in [0.05, 0.1) is 30.0 Å². The van der Waals surface area contributed by atoms with Gasteiger partial charge in [-0.15, -0.1) is 0 Å². The molecule has 8 atom stereocenters. The molecular formula is C35H49N3O4. The number of aromatic nitrogens is 3. The van der Waals surface area contributed by atoms with Crippen molar-refractivity contribution >= 4 is 0 Å². The Morgan fingerprint density at radius 2 is 1.69 bits per heavy atom. The van der Waals surface area contributed by atoms with E-state index in [1.54, 1.807) is 21.5 Å². The van der Waals surface area contributed by atoms with Crippen LogP contribution in [0.5, 0.6) is 0 Å². The molecule has 4 aliphatic rings. The van der Waals surface area contributed by atoms with Crippen LogP contribution in [0.3, 0.4) is 0 Å². The largest absolute Gasteiger partial charge is 0.393 e. The molecular weight excluding hydrogens is 526 g/mol. The third-order valence-corrected chi connectivity index (χ3v) is 11.5. The molecule has 3 aliphatic carbocycles. The van der Waals surface area contributed by atoms with Gasteiger partial charge in [-0.05, 0) is 97.0 Å². The number of para-hydroxylation sites is 1. The SMILES string of the molecule is CC1=C([C@@H]2C=C3[C@H](CC[C@]4(C)[C@@H]([C@H](C)CCCC(C)C)CC[C@@H]34)n3c(=O)n(-c4ccccc4)c(=O)n32)C[C@@H](O)C[C@@H]1O. The highest BCUT2D eigenvalue weighted by Gasteiger charge is 2.55. The highest BCUT2D eigenvalue weighted by Crippen LogP contribution is 2.62. The monoisotopic (exact) mass is 575 g/mol. The van der Waals surface area contributed by atoms with E-state index in [0.717, 1.165) is 36.3 Å². The minimum Gasteiger partial charge on any atom is -0.393 e. The second kappa shape index (κ2) is 11.1. The Balaban J connectivity index is 1.46. The number of hydrogen-bond donors (Lipinski definition) is 2. The first kappa shape index (κ1) is 29.4. The molecule has 228 valence electrons. The van der Waals surface area contributed by atoms with Crippen molar-refractivity contribution < 1.29 is 10.2 Å². The van der Waals surface area contributed by atoms with Gasteiger partial charge in [0, 0.05) is 6.42 Å². The zero-order valence-corrected chi connectivity index (χ0v) is 26.0. The highest BCUT2D eigenvalue weighted by molar-refractivity contribution is 5.37. The van der Waals surface area contributed by atoms with Crippen LogP contribution in [0.4, 0.5) is 0 Å². The molecule has 0 spiro atoms. The van der Waals surface area contributed by atoms with E-state index in [0.29, 0.717) is 36.3 Å². The van der Waals surface area contributed by atoms with Crippen molar-refractivity contribution in [3.63, 3.8) is 0 Å². The van der Waals surface area contributed by atoms with Gasteiger partial charge in [0.1, 0.15) is 0 Å². The fourth-order valence-electron chi connectivity index (χ4n) is 9.30. The molecule has 2 saturated carbocycles. The molecule has 0 bridgehead atoms. The number of aliphatic hydroxyl groups excluding tert-OH is 2. The molecule has 42 heavy (non-hydrogen) atoms. The first-order valence-corrected chi connectivity index (χ1v) is 16.3. The molecule has 0 amide bonds. The summed E-state index contributed by atoms with van der Waals surface area (Å²) in [5, 5.41) is 21.5. The van der Waals surface area contributed by atoms with Crippen molar-refractivity contribution in [2.24, 2.45) is 29.1 Å². The van der Waals surface area contributed by atoms with Crippen molar-refractivity contribution in [1.82, 2.24) is 13.9 Å². The van der Waals surface area contributed by atoms with E-state index in [2.05, 4.69) is 33.8 Å². The average Bonchev–Trinajstić information content (AvgIpc) is 3.44. The molecule has 0 saturated heterocycles. The molecule has 1 aromatic carbocycles. The minimum atomic E-state index is -0.758. The molecule has 7 nitrogen and oxygen atoms in total. The van der Waals surface area contributed by atoms with Crippen LogP contribution in [0.15, 0.2) is 62.7 Å². The van der Waals surface area contributed by atoms with Crippen molar-refractivity contribution in [1.29, 1.82) is 0 Å². The van der Waals surface area contributed by atoms with E-state index in [1.165, 1.54) is 35.8 Å². The lowest BCUT2D eigenvalue weighted by Crippen LogP contribution is -2.46.